The zero-order chi connectivity index (χ0) is 28.9. The molecule has 0 aliphatic rings. The second-order valence-corrected chi connectivity index (χ2v) is 9.58. The molecular weight excluding hydrogens is 552 g/mol. The highest BCUT2D eigenvalue weighted by atomic mass is 32.2. The molecule has 0 saturated carbocycles. The lowest BCUT2D eigenvalue weighted by Crippen LogP contribution is -2.34. The van der Waals surface area contributed by atoms with Gasteiger partial charge in [0.1, 0.15) is 18.2 Å². The molecule has 0 radical (unpaired) electrons. The van der Waals surface area contributed by atoms with Crippen LogP contribution in [-0.2, 0) is 10.5 Å². The first-order valence-electron chi connectivity index (χ1n) is 12.0. The zero-order valence-corrected chi connectivity index (χ0v) is 22.3. The predicted octanol–water partition coefficient (Wildman–Crippen LogP) is 5.87. The van der Waals surface area contributed by atoms with Crippen LogP contribution in [0.3, 0.4) is 0 Å². The second-order valence-electron chi connectivity index (χ2n) is 8.64. The number of thioether (sulfide) groups is 1. The summed E-state index contributed by atoms with van der Waals surface area (Å²) in [4.78, 5) is 35.8. The molecule has 0 fully saturated rings. The van der Waals surface area contributed by atoms with Crippen LogP contribution in [0.4, 0.5) is 22.4 Å². The maximum absolute atomic E-state index is 13.4. The van der Waals surface area contributed by atoms with Crippen molar-refractivity contribution in [1.29, 1.82) is 0 Å². The maximum Gasteiger partial charge on any atom is 0.422 e. The predicted molar refractivity (Wildman–Crippen MR) is 140 cm³/mol. The van der Waals surface area contributed by atoms with Crippen molar-refractivity contribution < 1.29 is 36.6 Å². The summed E-state index contributed by atoms with van der Waals surface area (Å²) in [5.74, 6) is -0.835. The van der Waals surface area contributed by atoms with Crippen LogP contribution in [0.5, 0.6) is 5.75 Å². The third-order valence-corrected chi connectivity index (χ3v) is 6.73. The average molecular weight is 577 g/mol. The van der Waals surface area contributed by atoms with E-state index in [1.54, 1.807) is 38.2 Å². The van der Waals surface area contributed by atoms with Crippen molar-refractivity contribution >= 4 is 34.8 Å². The van der Waals surface area contributed by atoms with Crippen molar-refractivity contribution in [2.24, 2.45) is 0 Å². The number of aromatic nitrogens is 3. The molecule has 2 heterocycles. The number of likely N-dealkylation sites (N-methyl/N-ethyl adjacent to an activating group) is 1. The van der Waals surface area contributed by atoms with Gasteiger partial charge < -0.3 is 14.4 Å². The fourth-order valence-electron chi connectivity index (χ4n) is 3.65. The van der Waals surface area contributed by atoms with Crippen LogP contribution in [0.25, 0.3) is 11.0 Å². The summed E-state index contributed by atoms with van der Waals surface area (Å²) in [6.45, 7) is 0.174. The van der Waals surface area contributed by atoms with E-state index in [4.69, 9.17) is 9.47 Å². The summed E-state index contributed by atoms with van der Waals surface area (Å²) < 4.78 is 62.5. The molecule has 4 rings (SSSR count). The first-order valence-corrected chi connectivity index (χ1v) is 12.9. The zero-order valence-electron chi connectivity index (χ0n) is 21.4. The van der Waals surface area contributed by atoms with Gasteiger partial charge in [0.25, 0.3) is 0 Å². The standard InChI is InChI=1S/C27H24F4N4O4S/c1-17-21(32-12-11-23(17)39-16-27(29,30)31)15-40-25-33-20-5-3-4-6-22(20)35(25)26(37)34(2)13-14-38-24(36)18-7-9-19(28)10-8-18/h3-12H,13-16H2,1-2H3. The number of imidazole rings is 1. The maximum atomic E-state index is 13.4. The first kappa shape index (κ1) is 28.9. The van der Waals surface area contributed by atoms with E-state index in [0.717, 1.165) is 12.1 Å². The number of hydrogen-bond donors (Lipinski definition) is 0. The van der Waals surface area contributed by atoms with Gasteiger partial charge >= 0.3 is 18.2 Å². The number of fused-ring (bicyclic) bond motifs is 1. The van der Waals surface area contributed by atoms with Crippen LogP contribution < -0.4 is 4.74 Å². The summed E-state index contributed by atoms with van der Waals surface area (Å²) in [5, 5.41) is 0.351. The number of rotatable bonds is 9. The summed E-state index contributed by atoms with van der Waals surface area (Å²) >= 11 is 1.19. The van der Waals surface area contributed by atoms with Crippen molar-refractivity contribution in [3.8, 4) is 5.75 Å². The lowest BCUT2D eigenvalue weighted by Gasteiger charge is -2.19. The lowest BCUT2D eigenvalue weighted by atomic mass is 10.2. The molecule has 0 bridgehead atoms. The van der Waals surface area contributed by atoms with E-state index in [9.17, 15) is 27.2 Å². The lowest BCUT2D eigenvalue weighted by molar-refractivity contribution is -0.153. The number of halogens is 4. The number of carbonyl (C=O) groups excluding carboxylic acids is 2. The van der Waals surface area contributed by atoms with Gasteiger partial charge in [-0.3, -0.25) is 4.98 Å². The van der Waals surface area contributed by atoms with E-state index in [1.807, 2.05) is 0 Å². The highest BCUT2D eigenvalue weighted by Gasteiger charge is 2.29. The van der Waals surface area contributed by atoms with Gasteiger partial charge in [-0.15, -0.1) is 0 Å². The number of esters is 1. The molecule has 0 aliphatic heterocycles. The SMILES string of the molecule is Cc1c(OCC(F)(F)F)ccnc1CSc1nc2ccccc2n1C(=O)N(C)CCOC(=O)c1ccc(F)cc1. The van der Waals surface area contributed by atoms with Crippen molar-refractivity contribution in [3.63, 3.8) is 0 Å². The molecule has 40 heavy (non-hydrogen) atoms. The summed E-state index contributed by atoms with van der Waals surface area (Å²) in [7, 11) is 1.55. The van der Waals surface area contributed by atoms with Crippen LogP contribution in [-0.4, -0.2) is 64.4 Å². The second kappa shape index (κ2) is 12.4. The van der Waals surface area contributed by atoms with E-state index in [2.05, 4.69) is 9.97 Å². The summed E-state index contributed by atoms with van der Waals surface area (Å²) in [6.07, 6.45) is -3.11. The molecule has 13 heteroatoms. The van der Waals surface area contributed by atoms with Gasteiger partial charge in [0.2, 0.25) is 0 Å². The average Bonchev–Trinajstić information content (AvgIpc) is 3.29. The number of benzene rings is 2. The third-order valence-electron chi connectivity index (χ3n) is 5.78. The minimum atomic E-state index is -4.47. The smallest absolute Gasteiger partial charge is 0.422 e. The minimum Gasteiger partial charge on any atom is -0.484 e. The molecule has 8 nitrogen and oxygen atoms in total. The van der Waals surface area contributed by atoms with Crippen LogP contribution in [0.15, 0.2) is 66.0 Å². The molecule has 0 saturated heterocycles. The Labute approximate surface area is 230 Å². The number of para-hydroxylation sites is 2. The van der Waals surface area contributed by atoms with E-state index in [0.29, 0.717) is 27.4 Å². The highest BCUT2D eigenvalue weighted by molar-refractivity contribution is 7.98. The van der Waals surface area contributed by atoms with Gasteiger partial charge in [0.15, 0.2) is 11.8 Å². The van der Waals surface area contributed by atoms with Crippen molar-refractivity contribution in [2.45, 2.75) is 24.0 Å². The van der Waals surface area contributed by atoms with Gasteiger partial charge in [0.05, 0.1) is 28.8 Å². The van der Waals surface area contributed by atoms with Crippen molar-refractivity contribution in [3.05, 3.63) is 83.4 Å². The van der Waals surface area contributed by atoms with E-state index in [1.165, 1.54) is 45.6 Å². The quantitative estimate of drug-likeness (QED) is 0.140. The Morgan fingerprint density at radius 2 is 1.80 bits per heavy atom. The van der Waals surface area contributed by atoms with Crippen LogP contribution in [0.1, 0.15) is 21.6 Å². The molecule has 0 aliphatic carbocycles. The number of alkyl halides is 3. The number of hydrogen-bond acceptors (Lipinski definition) is 7. The van der Waals surface area contributed by atoms with E-state index < -0.39 is 30.6 Å². The highest BCUT2D eigenvalue weighted by Crippen LogP contribution is 2.30. The van der Waals surface area contributed by atoms with E-state index in [-0.39, 0.29) is 30.2 Å². The van der Waals surface area contributed by atoms with Gasteiger partial charge in [-0.1, -0.05) is 23.9 Å². The molecule has 4 aromatic rings. The topological polar surface area (TPSA) is 86.6 Å². The largest absolute Gasteiger partial charge is 0.484 e. The molecule has 0 unspecified atom stereocenters. The number of carbonyl (C=O) groups is 2. The third kappa shape index (κ3) is 7.08. The normalized spacial score (nSPS) is 11.4. The molecule has 1 amide bonds. The van der Waals surface area contributed by atoms with Crippen LogP contribution >= 0.6 is 11.8 Å². The van der Waals surface area contributed by atoms with Crippen molar-refractivity contribution in [1.82, 2.24) is 19.4 Å². The Hall–Kier alpha value is -4.13. The fourth-order valence-corrected chi connectivity index (χ4v) is 4.68. The molecule has 0 atom stereocenters. The minimum absolute atomic E-state index is 0.0711. The Kier molecular flexibility index (Phi) is 8.93. The molecule has 2 aromatic carbocycles. The Morgan fingerprint density at radius 3 is 2.52 bits per heavy atom. The number of amides is 1. The van der Waals surface area contributed by atoms with Gasteiger partial charge in [-0.05, 0) is 49.4 Å². The number of ether oxygens (including phenoxy) is 2. The molecule has 210 valence electrons. The number of pyridine rings is 1. The summed E-state index contributed by atoms with van der Waals surface area (Å²) in [5.41, 5.74) is 2.25. The number of nitrogens with zero attached hydrogens (tertiary/aromatic N) is 4. The van der Waals surface area contributed by atoms with Gasteiger partial charge in [0, 0.05) is 24.6 Å². The first-order chi connectivity index (χ1) is 19.0. The molecule has 2 aromatic heterocycles. The Bertz CT molecular complexity index is 1510. The van der Waals surface area contributed by atoms with Crippen LogP contribution in [0.2, 0.25) is 0 Å². The molecule has 0 spiro atoms. The Balaban J connectivity index is 1.46. The molecule has 0 N–H and O–H groups in total. The van der Waals surface area contributed by atoms with Crippen molar-refractivity contribution in [2.75, 3.05) is 26.8 Å². The monoisotopic (exact) mass is 576 g/mol. The fraction of sp³-hybridized carbons (Fsp3) is 0.259. The molecular formula is C27H24F4N4O4S. The Morgan fingerprint density at radius 1 is 1.07 bits per heavy atom. The van der Waals surface area contributed by atoms with Gasteiger partial charge in [-0.2, -0.15) is 13.2 Å². The van der Waals surface area contributed by atoms with Crippen LogP contribution in [0, 0.1) is 12.7 Å². The summed E-state index contributed by atoms with van der Waals surface area (Å²) in [6, 6.07) is 12.9. The van der Waals surface area contributed by atoms with Gasteiger partial charge in [-0.25, -0.2) is 23.5 Å². The van der Waals surface area contributed by atoms with E-state index >= 15 is 0 Å².